The van der Waals surface area contributed by atoms with Crippen molar-refractivity contribution in [1.29, 1.82) is 0 Å². The molecule has 0 unspecified atom stereocenters. The minimum absolute atomic E-state index is 0.0645. The lowest BCUT2D eigenvalue weighted by molar-refractivity contribution is 0.0684. The number of hydrogen-bond acceptors (Lipinski definition) is 8. The molecule has 0 radical (unpaired) electrons. The van der Waals surface area contributed by atoms with Crippen LogP contribution < -0.4 is 0 Å². The Morgan fingerprint density at radius 1 is 1.31 bits per heavy atom. The highest BCUT2D eigenvalue weighted by atomic mass is 32.2. The van der Waals surface area contributed by atoms with Gasteiger partial charge in [-0.25, -0.2) is 13.2 Å². The van der Waals surface area contributed by atoms with Crippen molar-refractivity contribution in [1.82, 2.24) is 5.16 Å². The topological polar surface area (TPSA) is 132 Å². The molecule has 0 saturated carbocycles. The van der Waals surface area contributed by atoms with Crippen LogP contribution in [0.3, 0.4) is 0 Å². The first-order valence-electron chi connectivity index (χ1n) is 7.54. The predicted octanol–water partition coefficient (Wildman–Crippen LogP) is 2.22. The summed E-state index contributed by atoms with van der Waals surface area (Å²) in [6.07, 6.45) is 1.51. The van der Waals surface area contributed by atoms with E-state index in [1.807, 2.05) is 13.8 Å². The maximum absolute atomic E-state index is 12.8. The minimum Gasteiger partial charge on any atom is -0.476 e. The van der Waals surface area contributed by atoms with Crippen molar-refractivity contribution in [2.45, 2.75) is 30.9 Å². The number of sulfone groups is 1. The van der Waals surface area contributed by atoms with Gasteiger partial charge in [0.2, 0.25) is 11.5 Å². The number of carboxylic acids is 1. The Kier molecular flexibility index (Phi) is 4.15. The van der Waals surface area contributed by atoms with E-state index in [-0.39, 0.29) is 32.6 Å². The van der Waals surface area contributed by atoms with Gasteiger partial charge in [-0.1, -0.05) is 19.0 Å². The summed E-state index contributed by atoms with van der Waals surface area (Å²) in [5.41, 5.74) is -0.422. The average molecular weight is 397 g/mol. The van der Waals surface area contributed by atoms with Crippen LogP contribution in [0, 0.1) is 5.41 Å². The molecule has 138 valence electrons. The van der Waals surface area contributed by atoms with Crippen molar-refractivity contribution < 1.29 is 32.4 Å². The third kappa shape index (κ3) is 3.10. The second kappa shape index (κ2) is 5.85. The van der Waals surface area contributed by atoms with Crippen molar-refractivity contribution in [3.8, 4) is 0 Å². The lowest BCUT2D eigenvalue weighted by atomic mass is 9.74. The Morgan fingerprint density at radius 2 is 1.96 bits per heavy atom. The van der Waals surface area contributed by atoms with Gasteiger partial charge in [-0.3, -0.25) is 9.59 Å². The molecule has 1 aliphatic carbocycles. The van der Waals surface area contributed by atoms with Crippen molar-refractivity contribution in [2.24, 2.45) is 5.41 Å². The molecular formula is C16H15NO7S2. The Morgan fingerprint density at radius 3 is 2.50 bits per heavy atom. The third-order valence-electron chi connectivity index (χ3n) is 4.04. The molecule has 2 aromatic heterocycles. The van der Waals surface area contributed by atoms with E-state index in [9.17, 15) is 22.8 Å². The molecule has 8 nitrogen and oxygen atoms in total. The van der Waals surface area contributed by atoms with Gasteiger partial charge in [0.05, 0.1) is 10.4 Å². The largest absolute Gasteiger partial charge is 0.476 e. The number of nitrogens with zero attached hydrogens (tertiary/aromatic N) is 1. The summed E-state index contributed by atoms with van der Waals surface area (Å²) in [6, 6.07) is 0.979. The summed E-state index contributed by atoms with van der Waals surface area (Å²) < 4.78 is 28.9. The Bertz CT molecular complexity index is 1060. The summed E-state index contributed by atoms with van der Waals surface area (Å²) in [6.45, 7) is 3.72. The molecule has 3 rings (SSSR count). The summed E-state index contributed by atoms with van der Waals surface area (Å²) in [5, 5.41) is 12.2. The number of aromatic nitrogens is 1. The number of thiophene rings is 1. The zero-order valence-electron chi connectivity index (χ0n) is 14.2. The molecule has 0 amide bonds. The van der Waals surface area contributed by atoms with E-state index in [0.29, 0.717) is 23.3 Å². The van der Waals surface area contributed by atoms with Crippen molar-refractivity contribution in [3.63, 3.8) is 0 Å². The highest BCUT2D eigenvalue weighted by Crippen LogP contribution is 2.43. The van der Waals surface area contributed by atoms with Gasteiger partial charge in [0.15, 0.2) is 21.3 Å². The van der Waals surface area contributed by atoms with Gasteiger partial charge in [0.25, 0.3) is 0 Å². The summed E-state index contributed by atoms with van der Waals surface area (Å²) >= 11 is 0.714. The second-order valence-electron chi connectivity index (χ2n) is 7.00. The van der Waals surface area contributed by atoms with Crippen LogP contribution in [0.4, 0.5) is 0 Å². The lowest BCUT2D eigenvalue weighted by Gasteiger charge is -2.29. The molecule has 2 aromatic rings. The first kappa shape index (κ1) is 18.5. The van der Waals surface area contributed by atoms with Crippen molar-refractivity contribution >= 4 is 38.7 Å². The molecule has 26 heavy (non-hydrogen) atoms. The second-order valence-corrected chi connectivity index (χ2v) is 10.2. The molecule has 0 spiro atoms. The van der Waals surface area contributed by atoms with Crippen LogP contribution in [-0.2, 0) is 16.3 Å². The van der Waals surface area contributed by atoms with Crippen LogP contribution in [0.15, 0.2) is 14.8 Å². The molecule has 0 aliphatic heterocycles. The number of Topliss-reactive ketones (excluding diaryl/α,β-unsaturated/α-hetero) is 1. The van der Waals surface area contributed by atoms with E-state index in [0.717, 1.165) is 12.3 Å². The zero-order valence-corrected chi connectivity index (χ0v) is 15.8. The fourth-order valence-electron chi connectivity index (χ4n) is 3.00. The number of carboxylic acid groups (broad SMARTS) is 1. The van der Waals surface area contributed by atoms with Gasteiger partial charge < -0.3 is 9.63 Å². The maximum atomic E-state index is 12.8. The van der Waals surface area contributed by atoms with Crippen LogP contribution in [0.1, 0.15) is 62.1 Å². The van der Waals surface area contributed by atoms with Crippen LogP contribution in [0.25, 0.3) is 0 Å². The molecule has 0 saturated heterocycles. The minimum atomic E-state index is -3.71. The molecular weight excluding hydrogens is 382 g/mol. The van der Waals surface area contributed by atoms with Crippen LogP contribution >= 0.6 is 11.3 Å². The molecule has 0 fully saturated rings. The molecule has 0 atom stereocenters. The number of carbonyl (C=O) groups is 3. The third-order valence-corrected chi connectivity index (χ3v) is 7.11. The normalized spacial score (nSPS) is 16.3. The van der Waals surface area contributed by atoms with E-state index in [1.165, 1.54) is 0 Å². The lowest BCUT2D eigenvalue weighted by Crippen LogP contribution is -2.28. The van der Waals surface area contributed by atoms with Crippen molar-refractivity contribution in [3.05, 3.63) is 33.5 Å². The number of hydrogen-bond donors (Lipinski definition) is 1. The van der Waals surface area contributed by atoms with Crippen molar-refractivity contribution in [2.75, 3.05) is 6.26 Å². The first-order valence-corrected chi connectivity index (χ1v) is 10.2. The number of fused-ring (bicyclic) bond motifs is 1. The quantitative estimate of drug-likeness (QED) is 0.777. The summed E-state index contributed by atoms with van der Waals surface area (Å²) in [4.78, 5) is 36.3. The molecule has 0 bridgehead atoms. The Balaban J connectivity index is 2.20. The number of rotatable bonds is 4. The van der Waals surface area contributed by atoms with Gasteiger partial charge in [0.1, 0.15) is 4.21 Å². The van der Waals surface area contributed by atoms with Gasteiger partial charge in [-0.05, 0) is 17.4 Å². The van der Waals surface area contributed by atoms with E-state index < -0.39 is 32.7 Å². The fourth-order valence-corrected chi connectivity index (χ4v) is 5.47. The molecule has 1 N–H and O–H groups in total. The monoisotopic (exact) mass is 397 g/mol. The van der Waals surface area contributed by atoms with E-state index in [1.54, 1.807) is 0 Å². The standard InChI is InChI=1S/C16H15NO7S2/c1-16(2)5-7-11(9(18)6-16)15(26(3,22)23)25-13(7)12(19)10-4-8(14(20)21)17-24-10/h4H,5-6H2,1-3H3,(H,20,21). The fraction of sp³-hybridized carbons (Fsp3) is 0.375. The Labute approximate surface area is 152 Å². The average Bonchev–Trinajstić information content (AvgIpc) is 3.09. The van der Waals surface area contributed by atoms with Gasteiger partial charge >= 0.3 is 5.97 Å². The SMILES string of the molecule is CC1(C)CC(=O)c2c(S(C)(=O)=O)sc(C(=O)c3cc(C(=O)O)no3)c2C1. The molecule has 10 heteroatoms. The number of ketones is 2. The highest BCUT2D eigenvalue weighted by molar-refractivity contribution is 7.92. The molecule has 2 heterocycles. The first-order chi connectivity index (χ1) is 11.9. The van der Waals surface area contributed by atoms with Crippen LogP contribution in [0.5, 0.6) is 0 Å². The van der Waals surface area contributed by atoms with Crippen LogP contribution in [0.2, 0.25) is 0 Å². The Hall–Kier alpha value is -2.33. The zero-order chi connectivity index (χ0) is 19.4. The predicted molar refractivity (Wildman–Crippen MR) is 90.8 cm³/mol. The van der Waals surface area contributed by atoms with Crippen LogP contribution in [-0.4, -0.2) is 42.5 Å². The molecule has 1 aliphatic rings. The van der Waals surface area contributed by atoms with E-state index >= 15 is 0 Å². The number of aromatic carboxylic acids is 1. The van der Waals surface area contributed by atoms with E-state index in [4.69, 9.17) is 9.63 Å². The summed E-state index contributed by atoms with van der Waals surface area (Å²) in [5.74, 6) is -2.68. The maximum Gasteiger partial charge on any atom is 0.358 e. The summed E-state index contributed by atoms with van der Waals surface area (Å²) in [7, 11) is -3.71. The number of carbonyl (C=O) groups excluding carboxylic acids is 2. The smallest absolute Gasteiger partial charge is 0.358 e. The molecule has 0 aromatic carbocycles. The van der Waals surface area contributed by atoms with Gasteiger partial charge in [-0.15, -0.1) is 11.3 Å². The van der Waals surface area contributed by atoms with Gasteiger partial charge in [-0.2, -0.15) is 0 Å². The van der Waals surface area contributed by atoms with E-state index in [2.05, 4.69) is 5.16 Å². The van der Waals surface area contributed by atoms with Gasteiger partial charge in [0, 0.05) is 18.7 Å². The highest BCUT2D eigenvalue weighted by Gasteiger charge is 2.40.